The molecule has 0 aromatic heterocycles. The molecule has 112 valence electrons. The van der Waals surface area contributed by atoms with E-state index < -0.39 is 10.0 Å². The first-order valence-corrected chi connectivity index (χ1v) is 8.87. The molecule has 0 radical (unpaired) electrons. The second-order valence-corrected chi connectivity index (χ2v) is 7.49. The fourth-order valence-electron chi connectivity index (χ4n) is 2.79. The van der Waals surface area contributed by atoms with Crippen LogP contribution in [0.2, 0.25) is 5.02 Å². The Bertz CT molecular complexity index is 575. The topological polar surface area (TPSA) is 72.2 Å². The first-order chi connectivity index (χ1) is 9.44. The summed E-state index contributed by atoms with van der Waals surface area (Å²) >= 11 is 5.90. The number of nitrogens with one attached hydrogen (secondary N) is 1. The van der Waals surface area contributed by atoms with Gasteiger partial charge in [-0.2, -0.15) is 0 Å². The third-order valence-corrected chi connectivity index (χ3v) is 5.84. The van der Waals surface area contributed by atoms with Gasteiger partial charge in [0.25, 0.3) is 0 Å². The Hall–Kier alpha value is -0.780. The summed E-state index contributed by atoms with van der Waals surface area (Å²) in [6.45, 7) is 2.11. The second-order valence-electron chi connectivity index (χ2n) is 5.36. The maximum Gasteiger partial charge on any atom is 0.240 e. The molecule has 2 rings (SSSR count). The number of hydrogen-bond donors (Lipinski definition) is 2. The average molecular weight is 317 g/mol. The van der Waals surface area contributed by atoms with Crippen molar-refractivity contribution in [1.82, 2.24) is 4.72 Å². The molecule has 1 aromatic rings. The minimum Gasteiger partial charge on any atom is -0.398 e. The van der Waals surface area contributed by atoms with Gasteiger partial charge in [-0.05, 0) is 37.0 Å². The molecule has 2 atom stereocenters. The number of nitrogens with two attached hydrogens (primary N) is 1. The van der Waals surface area contributed by atoms with Crippen molar-refractivity contribution >= 4 is 27.3 Å². The number of anilines is 1. The second kappa shape index (κ2) is 6.33. The van der Waals surface area contributed by atoms with Crippen molar-refractivity contribution in [2.24, 2.45) is 5.92 Å². The van der Waals surface area contributed by atoms with Gasteiger partial charge < -0.3 is 5.73 Å². The van der Waals surface area contributed by atoms with Gasteiger partial charge in [-0.25, -0.2) is 13.1 Å². The summed E-state index contributed by atoms with van der Waals surface area (Å²) in [5.41, 5.74) is 6.00. The molecular weight excluding hydrogens is 296 g/mol. The van der Waals surface area contributed by atoms with Crippen molar-refractivity contribution < 1.29 is 8.42 Å². The smallest absolute Gasteiger partial charge is 0.240 e. The fourth-order valence-corrected chi connectivity index (χ4v) is 4.40. The minimum atomic E-state index is -3.53. The van der Waals surface area contributed by atoms with E-state index in [1.54, 1.807) is 0 Å². The molecule has 4 nitrogen and oxygen atoms in total. The van der Waals surface area contributed by atoms with E-state index in [9.17, 15) is 8.42 Å². The predicted molar refractivity (Wildman–Crippen MR) is 82.2 cm³/mol. The van der Waals surface area contributed by atoms with Crippen LogP contribution in [-0.2, 0) is 10.0 Å². The molecule has 0 heterocycles. The quantitative estimate of drug-likeness (QED) is 0.838. The van der Waals surface area contributed by atoms with Crippen LogP contribution in [0.25, 0.3) is 0 Å². The van der Waals surface area contributed by atoms with Crippen LogP contribution >= 0.6 is 11.6 Å². The summed E-state index contributed by atoms with van der Waals surface area (Å²) in [4.78, 5) is 0.178. The van der Waals surface area contributed by atoms with E-state index in [0.717, 1.165) is 25.7 Å². The Morgan fingerprint density at radius 2 is 2.05 bits per heavy atom. The van der Waals surface area contributed by atoms with Gasteiger partial charge in [-0.1, -0.05) is 37.8 Å². The van der Waals surface area contributed by atoms with Gasteiger partial charge in [-0.15, -0.1) is 0 Å². The molecule has 1 fully saturated rings. The summed E-state index contributed by atoms with van der Waals surface area (Å²) in [6.07, 6.45) is 5.25. The highest BCUT2D eigenvalue weighted by Crippen LogP contribution is 2.29. The Morgan fingerprint density at radius 3 is 2.70 bits per heavy atom. The van der Waals surface area contributed by atoms with Crippen molar-refractivity contribution in [2.45, 2.75) is 50.0 Å². The molecule has 20 heavy (non-hydrogen) atoms. The van der Waals surface area contributed by atoms with Crippen LogP contribution in [0.1, 0.15) is 39.0 Å². The van der Waals surface area contributed by atoms with Crippen molar-refractivity contribution in [2.75, 3.05) is 5.73 Å². The maximum absolute atomic E-state index is 12.4. The molecule has 0 amide bonds. The standard InChI is InChI=1S/C14H21ClN2O2S/c1-2-10-5-3-4-6-14(10)17-20(18,19)11-7-8-13(16)12(15)9-11/h7-10,14,17H,2-6,16H2,1H3. The first-order valence-electron chi connectivity index (χ1n) is 7.01. The van der Waals surface area contributed by atoms with Crippen molar-refractivity contribution in [3.63, 3.8) is 0 Å². The van der Waals surface area contributed by atoms with E-state index in [2.05, 4.69) is 11.6 Å². The number of nitrogen functional groups attached to an aromatic ring is 1. The largest absolute Gasteiger partial charge is 0.398 e. The molecule has 6 heteroatoms. The number of halogens is 1. The minimum absolute atomic E-state index is 0.0232. The summed E-state index contributed by atoms with van der Waals surface area (Å²) < 4.78 is 27.7. The number of sulfonamides is 1. The lowest BCUT2D eigenvalue weighted by molar-refractivity contribution is 0.282. The molecule has 1 saturated carbocycles. The molecule has 0 aliphatic heterocycles. The van der Waals surface area contributed by atoms with Crippen LogP contribution in [0.4, 0.5) is 5.69 Å². The van der Waals surface area contributed by atoms with Gasteiger partial charge in [-0.3, -0.25) is 0 Å². The van der Waals surface area contributed by atoms with E-state index in [4.69, 9.17) is 17.3 Å². The van der Waals surface area contributed by atoms with Gasteiger partial charge in [0.15, 0.2) is 0 Å². The van der Waals surface area contributed by atoms with Crippen molar-refractivity contribution in [1.29, 1.82) is 0 Å². The third-order valence-electron chi connectivity index (χ3n) is 4.02. The summed E-state index contributed by atoms with van der Waals surface area (Å²) in [7, 11) is -3.53. The van der Waals surface area contributed by atoms with E-state index in [0.29, 0.717) is 11.6 Å². The van der Waals surface area contributed by atoms with Crippen LogP contribution < -0.4 is 10.5 Å². The highest BCUT2D eigenvalue weighted by atomic mass is 35.5. The van der Waals surface area contributed by atoms with Crippen molar-refractivity contribution in [3.8, 4) is 0 Å². The van der Waals surface area contributed by atoms with E-state index in [1.165, 1.54) is 24.6 Å². The number of benzene rings is 1. The Kier molecular flexibility index (Phi) is 4.94. The van der Waals surface area contributed by atoms with Gasteiger partial charge in [0, 0.05) is 6.04 Å². The van der Waals surface area contributed by atoms with Gasteiger partial charge in [0.1, 0.15) is 0 Å². The first kappa shape index (κ1) is 15.6. The van der Waals surface area contributed by atoms with E-state index >= 15 is 0 Å². The molecule has 1 aliphatic rings. The third kappa shape index (κ3) is 3.45. The number of rotatable bonds is 4. The van der Waals surface area contributed by atoms with Gasteiger partial charge >= 0.3 is 0 Å². The van der Waals surface area contributed by atoms with Crippen LogP contribution in [-0.4, -0.2) is 14.5 Å². The predicted octanol–water partition coefficient (Wildman–Crippen LogP) is 3.17. The maximum atomic E-state index is 12.4. The lowest BCUT2D eigenvalue weighted by Crippen LogP contribution is -2.41. The van der Waals surface area contributed by atoms with Gasteiger partial charge in [0.2, 0.25) is 10.0 Å². The zero-order chi connectivity index (χ0) is 14.8. The Labute approximate surface area is 125 Å². The lowest BCUT2D eigenvalue weighted by atomic mass is 9.83. The molecule has 3 N–H and O–H groups in total. The monoisotopic (exact) mass is 316 g/mol. The summed E-state index contributed by atoms with van der Waals surface area (Å²) in [5, 5.41) is 0.267. The molecule has 2 unspecified atom stereocenters. The average Bonchev–Trinajstić information content (AvgIpc) is 2.42. The summed E-state index contributed by atoms with van der Waals surface area (Å²) in [5.74, 6) is 0.419. The highest BCUT2D eigenvalue weighted by Gasteiger charge is 2.28. The SMILES string of the molecule is CCC1CCCCC1NS(=O)(=O)c1ccc(N)c(Cl)c1. The molecule has 0 spiro atoms. The summed E-state index contributed by atoms with van der Waals surface area (Å²) in [6, 6.07) is 4.45. The molecular formula is C14H21ClN2O2S. The molecule has 1 aliphatic carbocycles. The van der Waals surface area contributed by atoms with Crippen LogP contribution in [0, 0.1) is 5.92 Å². The lowest BCUT2D eigenvalue weighted by Gasteiger charge is -2.31. The molecule has 0 bridgehead atoms. The van der Waals surface area contributed by atoms with E-state index in [1.807, 2.05) is 0 Å². The molecule has 0 saturated heterocycles. The molecule has 1 aromatic carbocycles. The Morgan fingerprint density at radius 1 is 1.35 bits per heavy atom. The highest BCUT2D eigenvalue weighted by molar-refractivity contribution is 7.89. The van der Waals surface area contributed by atoms with Crippen LogP contribution in [0.5, 0.6) is 0 Å². The van der Waals surface area contributed by atoms with Crippen LogP contribution in [0.15, 0.2) is 23.1 Å². The normalized spacial score (nSPS) is 23.7. The van der Waals surface area contributed by atoms with Crippen LogP contribution in [0.3, 0.4) is 0 Å². The van der Waals surface area contributed by atoms with Gasteiger partial charge in [0.05, 0.1) is 15.6 Å². The zero-order valence-electron chi connectivity index (χ0n) is 11.6. The van der Waals surface area contributed by atoms with E-state index in [-0.39, 0.29) is 16.0 Å². The number of hydrogen-bond acceptors (Lipinski definition) is 3. The Balaban J connectivity index is 2.19. The zero-order valence-corrected chi connectivity index (χ0v) is 13.2. The van der Waals surface area contributed by atoms with Crippen molar-refractivity contribution in [3.05, 3.63) is 23.2 Å². The fraction of sp³-hybridized carbons (Fsp3) is 0.571.